The molecule has 8 nitrogen and oxygen atoms in total. The Bertz CT molecular complexity index is 1070. The number of nitrogens with one attached hydrogen (secondary N) is 1. The third kappa shape index (κ3) is 5.68. The molecule has 3 aliphatic rings. The van der Waals surface area contributed by atoms with Crippen molar-refractivity contribution in [3.05, 3.63) is 60.0 Å². The third-order valence-electron chi connectivity index (χ3n) is 6.42. The molecule has 0 bridgehead atoms. The summed E-state index contributed by atoms with van der Waals surface area (Å²) >= 11 is 0. The maximum absolute atomic E-state index is 13.2. The van der Waals surface area contributed by atoms with Gasteiger partial charge in [0.05, 0.1) is 24.4 Å². The van der Waals surface area contributed by atoms with E-state index in [1.54, 1.807) is 7.11 Å². The molecule has 0 aliphatic carbocycles. The van der Waals surface area contributed by atoms with Crippen LogP contribution in [0, 0.1) is 0 Å². The zero-order valence-corrected chi connectivity index (χ0v) is 19.6. The highest BCUT2D eigenvalue weighted by Crippen LogP contribution is 2.37. The minimum atomic E-state index is -4.46. The van der Waals surface area contributed by atoms with Crippen molar-refractivity contribution in [2.24, 2.45) is 10.8 Å². The summed E-state index contributed by atoms with van der Waals surface area (Å²) in [6.07, 6.45) is 2.16. The molecule has 1 aromatic rings. The third-order valence-corrected chi connectivity index (χ3v) is 6.42. The van der Waals surface area contributed by atoms with Gasteiger partial charge >= 0.3 is 12.2 Å². The van der Waals surface area contributed by atoms with Gasteiger partial charge in [-0.2, -0.15) is 13.2 Å². The molecule has 3 heterocycles. The first-order valence-electron chi connectivity index (χ1n) is 11.6. The summed E-state index contributed by atoms with van der Waals surface area (Å²) in [5, 5.41) is 6.84. The van der Waals surface area contributed by atoms with Crippen LogP contribution in [0.2, 0.25) is 0 Å². The van der Waals surface area contributed by atoms with Gasteiger partial charge in [-0.3, -0.25) is 10.2 Å². The second kappa shape index (κ2) is 10.1. The highest BCUT2D eigenvalue weighted by molar-refractivity contribution is 6.04. The number of benzene rings is 1. The number of nitrogens with two attached hydrogens (primary N) is 1. The maximum Gasteiger partial charge on any atom is 0.416 e. The normalized spacial score (nSPS) is 22.3. The van der Waals surface area contributed by atoms with Gasteiger partial charge in [0.15, 0.2) is 11.5 Å². The second-order valence-electron chi connectivity index (χ2n) is 8.71. The molecule has 2 amide bonds. The van der Waals surface area contributed by atoms with Crippen LogP contribution in [-0.2, 0) is 0 Å². The fourth-order valence-corrected chi connectivity index (χ4v) is 4.62. The highest BCUT2D eigenvalue weighted by Gasteiger charge is 2.43. The fourth-order valence-electron chi connectivity index (χ4n) is 4.62. The number of hydrogen-bond donors (Lipinski definition) is 2. The van der Waals surface area contributed by atoms with E-state index in [0.29, 0.717) is 12.2 Å². The SMILES string of the molecule is COc1ccccc1N1CCN(CCCC[N+]23C=CC(C(F)(F)F)=CC2=CC(NC(N)=O)=N3)CC1. The molecule has 1 atom stereocenters. The Morgan fingerprint density at radius 3 is 2.60 bits per heavy atom. The number of methoxy groups -OCH3 is 1. The Hall–Kier alpha value is -3.31. The predicted molar refractivity (Wildman–Crippen MR) is 128 cm³/mol. The number of para-hydroxylation sites is 2. The molecule has 1 aromatic carbocycles. The van der Waals surface area contributed by atoms with E-state index < -0.39 is 17.8 Å². The summed E-state index contributed by atoms with van der Waals surface area (Å²) in [6, 6.07) is 7.18. The van der Waals surface area contributed by atoms with Crippen LogP contribution in [0.4, 0.5) is 23.7 Å². The highest BCUT2D eigenvalue weighted by atomic mass is 19.4. The van der Waals surface area contributed by atoms with E-state index in [1.807, 2.05) is 18.2 Å². The van der Waals surface area contributed by atoms with Crippen LogP contribution in [0.5, 0.6) is 5.75 Å². The number of anilines is 1. The monoisotopic (exact) mass is 491 g/mol. The number of alkyl halides is 3. The number of nitrogens with zero attached hydrogens (tertiary/aromatic N) is 4. The number of urea groups is 1. The van der Waals surface area contributed by atoms with Crippen molar-refractivity contribution in [3.8, 4) is 5.75 Å². The number of amides is 2. The van der Waals surface area contributed by atoms with Crippen LogP contribution < -0.4 is 20.7 Å². The molecule has 1 unspecified atom stereocenters. The number of primary amides is 1. The summed E-state index contributed by atoms with van der Waals surface area (Å²) in [5.74, 6) is 1.02. The fraction of sp³-hybridized carbons (Fsp3) is 0.417. The lowest BCUT2D eigenvalue weighted by Crippen LogP contribution is -2.47. The largest absolute Gasteiger partial charge is 0.495 e. The molecular formula is C24H30F3N6O2+. The van der Waals surface area contributed by atoms with Gasteiger partial charge in [-0.15, -0.1) is 4.59 Å². The van der Waals surface area contributed by atoms with E-state index >= 15 is 0 Å². The van der Waals surface area contributed by atoms with E-state index in [1.165, 1.54) is 12.3 Å². The first kappa shape index (κ1) is 24.8. The Balaban J connectivity index is 1.31. The first-order valence-corrected chi connectivity index (χ1v) is 11.6. The van der Waals surface area contributed by atoms with E-state index in [-0.39, 0.29) is 10.4 Å². The number of halogens is 3. The smallest absolute Gasteiger partial charge is 0.416 e. The number of carbonyl (C=O) groups excluding carboxylic acids is 1. The van der Waals surface area contributed by atoms with Gasteiger partial charge in [-0.05, 0) is 25.1 Å². The van der Waals surface area contributed by atoms with E-state index in [0.717, 1.165) is 69.2 Å². The van der Waals surface area contributed by atoms with Crippen LogP contribution in [0.25, 0.3) is 0 Å². The minimum absolute atomic E-state index is 0.114. The van der Waals surface area contributed by atoms with Crippen LogP contribution >= 0.6 is 0 Å². The molecular weight excluding hydrogens is 461 g/mol. The molecule has 0 saturated carbocycles. The predicted octanol–water partition coefficient (Wildman–Crippen LogP) is 3.31. The lowest BCUT2D eigenvalue weighted by molar-refractivity contribution is -0.843. The van der Waals surface area contributed by atoms with Crippen LogP contribution in [0.15, 0.2) is 65.1 Å². The summed E-state index contributed by atoms with van der Waals surface area (Å²) in [4.78, 5) is 16.0. The number of piperazine rings is 1. The molecule has 0 radical (unpaired) electrons. The summed E-state index contributed by atoms with van der Waals surface area (Å²) in [6.45, 7) is 5.01. The lowest BCUT2D eigenvalue weighted by atomic mass is 10.1. The van der Waals surface area contributed by atoms with Crippen LogP contribution in [0.1, 0.15) is 12.8 Å². The van der Waals surface area contributed by atoms with Gasteiger partial charge in [-0.25, -0.2) is 4.79 Å². The molecule has 0 aromatic heterocycles. The minimum Gasteiger partial charge on any atom is -0.495 e. The molecule has 4 rings (SSSR count). The van der Waals surface area contributed by atoms with Gasteiger partial charge in [0.2, 0.25) is 0 Å². The Kier molecular flexibility index (Phi) is 7.18. The molecule has 188 valence electrons. The standard InChI is InChI=1S/C24H29F3N6O2/c1-35-21-7-3-2-6-20(21)32-12-10-31(11-13-32)9-4-5-14-33-15-8-18(24(25,26)27)16-19(33)17-22(30-33)29-23(28)34/h2-3,6-8,15-17H,4-5,9-14H2,1H3,(H2-,28,29,30,34)/p+1. The summed E-state index contributed by atoms with van der Waals surface area (Å²) < 4.78 is 45.0. The second-order valence-corrected chi connectivity index (χ2v) is 8.71. The maximum atomic E-state index is 13.2. The molecule has 11 heteroatoms. The van der Waals surface area contributed by atoms with Gasteiger partial charge in [-0.1, -0.05) is 17.2 Å². The molecule has 1 fully saturated rings. The zero-order valence-electron chi connectivity index (χ0n) is 19.6. The average Bonchev–Trinajstić information content (AvgIpc) is 3.18. The molecule has 3 aliphatic heterocycles. The number of quaternary nitrogens is 1. The number of amidine groups is 1. The molecule has 35 heavy (non-hydrogen) atoms. The average molecular weight is 492 g/mol. The van der Waals surface area contributed by atoms with Crippen molar-refractivity contribution >= 4 is 17.6 Å². The topological polar surface area (TPSA) is 83.2 Å². The van der Waals surface area contributed by atoms with E-state index in [9.17, 15) is 18.0 Å². The number of hydrogen-bond acceptors (Lipinski definition) is 5. The van der Waals surface area contributed by atoms with Crippen LogP contribution in [0.3, 0.4) is 0 Å². The molecule has 3 N–H and O–H groups in total. The number of rotatable bonds is 7. The van der Waals surface area contributed by atoms with Crippen molar-refractivity contribution in [1.82, 2.24) is 10.2 Å². The lowest BCUT2D eigenvalue weighted by Gasteiger charge is -2.36. The summed E-state index contributed by atoms with van der Waals surface area (Å²) in [7, 11) is 1.68. The Morgan fingerprint density at radius 2 is 1.91 bits per heavy atom. The van der Waals surface area contributed by atoms with Crippen molar-refractivity contribution < 1.29 is 27.3 Å². The number of carbonyl (C=O) groups is 1. The quantitative estimate of drug-likeness (QED) is 0.453. The summed E-state index contributed by atoms with van der Waals surface area (Å²) in [5.41, 5.74) is 5.88. The van der Waals surface area contributed by atoms with Crippen LogP contribution in [-0.4, -0.2) is 73.9 Å². The van der Waals surface area contributed by atoms with Gasteiger partial charge in [0, 0.05) is 44.8 Å². The first-order chi connectivity index (χ1) is 16.7. The van der Waals surface area contributed by atoms with E-state index in [4.69, 9.17) is 10.5 Å². The number of allylic oxidation sites excluding steroid dienone is 3. The van der Waals surface area contributed by atoms with Crippen molar-refractivity contribution in [2.75, 3.05) is 51.3 Å². The van der Waals surface area contributed by atoms with E-state index in [2.05, 4.69) is 26.3 Å². The van der Waals surface area contributed by atoms with Crippen molar-refractivity contribution in [3.63, 3.8) is 0 Å². The molecule has 0 spiro atoms. The molecule has 1 saturated heterocycles. The Morgan fingerprint density at radius 1 is 1.17 bits per heavy atom. The van der Waals surface area contributed by atoms with Gasteiger partial charge < -0.3 is 15.4 Å². The van der Waals surface area contributed by atoms with Crippen molar-refractivity contribution in [2.45, 2.75) is 19.0 Å². The zero-order chi connectivity index (χ0) is 25.1. The number of fused-ring (bicyclic) bond motifs is 1. The van der Waals surface area contributed by atoms with Crippen molar-refractivity contribution in [1.29, 1.82) is 0 Å². The number of ether oxygens (including phenoxy) is 1. The van der Waals surface area contributed by atoms with Gasteiger partial charge in [0.25, 0.3) is 0 Å². The Labute approximate surface area is 202 Å². The van der Waals surface area contributed by atoms with Gasteiger partial charge in [0.1, 0.15) is 18.5 Å². The number of unbranched alkanes of at least 4 members (excludes halogenated alkanes) is 1.